The Kier molecular flexibility index (Phi) is 7.88. The van der Waals surface area contributed by atoms with E-state index in [-0.39, 0.29) is 36.4 Å². The van der Waals surface area contributed by atoms with Gasteiger partial charge in [0.1, 0.15) is 16.6 Å². The molecule has 0 aliphatic carbocycles. The number of hydrogen-bond acceptors (Lipinski definition) is 6. The lowest BCUT2D eigenvalue weighted by Gasteiger charge is -2.28. The molecule has 0 saturated heterocycles. The summed E-state index contributed by atoms with van der Waals surface area (Å²) >= 11 is 1.26. The molecule has 2 amide bonds. The first-order valence-corrected chi connectivity index (χ1v) is 11.1. The van der Waals surface area contributed by atoms with Gasteiger partial charge in [-0.3, -0.25) is 9.59 Å². The number of benzene rings is 2. The number of aromatic nitrogens is 2. The van der Waals surface area contributed by atoms with Gasteiger partial charge in [0.15, 0.2) is 0 Å². The summed E-state index contributed by atoms with van der Waals surface area (Å²) in [6.07, 6.45) is 0.799. The molecule has 0 aliphatic rings. The number of amides is 2. The molecular formula is C23H25FN4O3S. The number of anilines is 1. The predicted molar refractivity (Wildman–Crippen MR) is 122 cm³/mol. The number of carbonyl (C=O) groups excluding carboxylic acids is 2. The standard InChI is InChI=1S/C23H25FN4O3S/c1-4-15(2)28(22(30)17-6-5-7-18(24)14-17)13-12-20(29)25-23-27-26-21(32-23)16-8-10-19(31-3)11-9-16/h5-11,14-15H,4,12-13H2,1-3H3,(H,25,27,29). The summed E-state index contributed by atoms with van der Waals surface area (Å²) in [5.41, 5.74) is 1.13. The molecule has 0 bridgehead atoms. The van der Waals surface area contributed by atoms with Crippen LogP contribution < -0.4 is 10.1 Å². The molecule has 1 heterocycles. The second-order valence-electron chi connectivity index (χ2n) is 7.21. The molecule has 3 rings (SSSR count). The van der Waals surface area contributed by atoms with Crippen LogP contribution in [0.15, 0.2) is 48.5 Å². The van der Waals surface area contributed by atoms with Gasteiger partial charge in [0.05, 0.1) is 7.11 Å². The van der Waals surface area contributed by atoms with Crippen LogP contribution in [0.1, 0.15) is 37.0 Å². The first-order valence-electron chi connectivity index (χ1n) is 10.3. The van der Waals surface area contributed by atoms with Gasteiger partial charge >= 0.3 is 0 Å². The van der Waals surface area contributed by atoms with Crippen LogP contribution in [0.3, 0.4) is 0 Å². The van der Waals surface area contributed by atoms with Crippen molar-refractivity contribution in [1.82, 2.24) is 15.1 Å². The van der Waals surface area contributed by atoms with E-state index in [0.29, 0.717) is 16.6 Å². The molecule has 2 aromatic carbocycles. The summed E-state index contributed by atoms with van der Waals surface area (Å²) < 4.78 is 18.7. The molecule has 0 aliphatic heterocycles. The second kappa shape index (κ2) is 10.8. The highest BCUT2D eigenvalue weighted by atomic mass is 32.1. The van der Waals surface area contributed by atoms with E-state index in [1.54, 1.807) is 18.1 Å². The number of ether oxygens (including phenoxy) is 1. The number of rotatable bonds is 9. The molecule has 168 valence electrons. The Bertz CT molecular complexity index is 1070. The van der Waals surface area contributed by atoms with Crippen molar-refractivity contribution in [3.63, 3.8) is 0 Å². The third kappa shape index (κ3) is 5.88. The van der Waals surface area contributed by atoms with Crippen LogP contribution in [0.25, 0.3) is 10.6 Å². The van der Waals surface area contributed by atoms with Crippen LogP contribution in [0.5, 0.6) is 5.75 Å². The predicted octanol–water partition coefficient (Wildman–Crippen LogP) is 4.62. The Morgan fingerprint density at radius 2 is 1.94 bits per heavy atom. The largest absolute Gasteiger partial charge is 0.497 e. The maximum absolute atomic E-state index is 13.5. The molecule has 32 heavy (non-hydrogen) atoms. The summed E-state index contributed by atoms with van der Waals surface area (Å²) in [4.78, 5) is 27.0. The molecule has 1 N–H and O–H groups in total. The quantitative estimate of drug-likeness (QED) is 0.508. The number of nitrogens with zero attached hydrogens (tertiary/aromatic N) is 3. The SMILES string of the molecule is CCC(C)N(CCC(=O)Nc1nnc(-c2ccc(OC)cc2)s1)C(=O)c1cccc(F)c1. The summed E-state index contributed by atoms with van der Waals surface area (Å²) in [5.74, 6) is -0.306. The molecule has 0 radical (unpaired) electrons. The highest BCUT2D eigenvalue weighted by Crippen LogP contribution is 2.27. The lowest BCUT2D eigenvalue weighted by molar-refractivity contribution is -0.116. The van der Waals surface area contributed by atoms with E-state index in [4.69, 9.17) is 4.74 Å². The van der Waals surface area contributed by atoms with E-state index < -0.39 is 5.82 Å². The molecule has 9 heteroatoms. The number of methoxy groups -OCH3 is 1. The van der Waals surface area contributed by atoms with Crippen molar-refractivity contribution >= 4 is 28.3 Å². The Labute approximate surface area is 190 Å². The number of halogens is 1. The van der Waals surface area contributed by atoms with Crippen LogP contribution in [-0.2, 0) is 4.79 Å². The summed E-state index contributed by atoms with van der Waals surface area (Å²) in [5, 5.41) is 11.9. The lowest BCUT2D eigenvalue weighted by Crippen LogP contribution is -2.40. The van der Waals surface area contributed by atoms with Crippen molar-refractivity contribution in [2.75, 3.05) is 19.0 Å². The monoisotopic (exact) mass is 456 g/mol. The highest BCUT2D eigenvalue weighted by molar-refractivity contribution is 7.18. The van der Waals surface area contributed by atoms with Crippen LogP contribution in [-0.4, -0.2) is 46.6 Å². The van der Waals surface area contributed by atoms with Crippen molar-refractivity contribution in [3.05, 3.63) is 59.9 Å². The van der Waals surface area contributed by atoms with Crippen LogP contribution in [0, 0.1) is 5.82 Å². The number of carbonyl (C=O) groups is 2. The average molecular weight is 457 g/mol. The van der Waals surface area contributed by atoms with Gasteiger partial charge in [-0.25, -0.2) is 4.39 Å². The number of nitrogens with one attached hydrogen (secondary N) is 1. The fraction of sp³-hybridized carbons (Fsp3) is 0.304. The van der Waals surface area contributed by atoms with Gasteiger partial charge in [0.2, 0.25) is 11.0 Å². The van der Waals surface area contributed by atoms with Crippen LogP contribution in [0.2, 0.25) is 0 Å². The molecule has 0 spiro atoms. The Morgan fingerprint density at radius 1 is 1.19 bits per heavy atom. The Hall–Kier alpha value is -3.33. The third-order valence-electron chi connectivity index (χ3n) is 5.04. The zero-order valence-electron chi connectivity index (χ0n) is 18.2. The zero-order valence-corrected chi connectivity index (χ0v) is 19.0. The van der Waals surface area contributed by atoms with Crippen molar-refractivity contribution in [2.24, 2.45) is 0 Å². The van der Waals surface area contributed by atoms with Gasteiger partial charge in [-0.2, -0.15) is 0 Å². The zero-order chi connectivity index (χ0) is 23.1. The number of hydrogen-bond donors (Lipinski definition) is 1. The van der Waals surface area contributed by atoms with E-state index in [2.05, 4.69) is 15.5 Å². The molecule has 1 aromatic heterocycles. The first kappa shape index (κ1) is 23.3. The van der Waals surface area contributed by atoms with E-state index in [0.717, 1.165) is 11.3 Å². The van der Waals surface area contributed by atoms with Gasteiger partial charge < -0.3 is 15.0 Å². The molecule has 1 atom stereocenters. The van der Waals surface area contributed by atoms with Gasteiger partial charge in [0, 0.05) is 30.1 Å². The molecule has 7 nitrogen and oxygen atoms in total. The van der Waals surface area contributed by atoms with Gasteiger partial charge in [0.25, 0.3) is 5.91 Å². The fourth-order valence-electron chi connectivity index (χ4n) is 3.06. The average Bonchev–Trinajstić information content (AvgIpc) is 3.27. The summed E-state index contributed by atoms with van der Waals surface area (Å²) in [6.45, 7) is 4.07. The van der Waals surface area contributed by atoms with E-state index in [1.165, 1.54) is 29.5 Å². The minimum absolute atomic E-state index is 0.0862. The molecule has 0 saturated carbocycles. The molecule has 3 aromatic rings. The van der Waals surface area contributed by atoms with Gasteiger partial charge in [-0.1, -0.05) is 24.3 Å². The third-order valence-corrected chi connectivity index (χ3v) is 5.93. The minimum atomic E-state index is -0.471. The molecular weight excluding hydrogens is 431 g/mol. The van der Waals surface area contributed by atoms with E-state index in [9.17, 15) is 14.0 Å². The topological polar surface area (TPSA) is 84.4 Å². The molecule has 1 unspecified atom stereocenters. The minimum Gasteiger partial charge on any atom is -0.497 e. The van der Waals surface area contributed by atoms with Crippen molar-refractivity contribution in [3.8, 4) is 16.3 Å². The fourth-order valence-corrected chi connectivity index (χ4v) is 3.82. The summed E-state index contributed by atoms with van der Waals surface area (Å²) in [6, 6.07) is 12.9. The Morgan fingerprint density at radius 3 is 2.59 bits per heavy atom. The smallest absolute Gasteiger partial charge is 0.254 e. The van der Waals surface area contributed by atoms with Crippen LogP contribution in [0.4, 0.5) is 9.52 Å². The van der Waals surface area contributed by atoms with Crippen molar-refractivity contribution < 1.29 is 18.7 Å². The summed E-state index contributed by atoms with van der Waals surface area (Å²) in [7, 11) is 1.60. The molecule has 0 fully saturated rings. The van der Waals surface area contributed by atoms with E-state index in [1.807, 2.05) is 38.1 Å². The van der Waals surface area contributed by atoms with Crippen molar-refractivity contribution in [2.45, 2.75) is 32.7 Å². The van der Waals surface area contributed by atoms with Gasteiger partial charge in [-0.05, 0) is 55.8 Å². The Balaban J connectivity index is 1.61. The van der Waals surface area contributed by atoms with Crippen molar-refractivity contribution in [1.29, 1.82) is 0 Å². The van der Waals surface area contributed by atoms with Gasteiger partial charge in [-0.15, -0.1) is 10.2 Å². The second-order valence-corrected chi connectivity index (χ2v) is 8.18. The normalized spacial score (nSPS) is 11.6. The maximum atomic E-state index is 13.5. The lowest BCUT2D eigenvalue weighted by atomic mass is 10.1. The van der Waals surface area contributed by atoms with E-state index >= 15 is 0 Å². The van der Waals surface area contributed by atoms with Crippen LogP contribution >= 0.6 is 11.3 Å². The maximum Gasteiger partial charge on any atom is 0.254 e. The first-order chi connectivity index (χ1) is 15.4. The highest BCUT2D eigenvalue weighted by Gasteiger charge is 2.22.